The molecule has 1 aliphatic heterocycles. The third-order valence-corrected chi connectivity index (χ3v) is 10.1. The monoisotopic (exact) mass is 327 g/mol. The van der Waals surface area contributed by atoms with Gasteiger partial charge in [-0.05, 0) is 0 Å². The minimum atomic E-state index is -3.64. The van der Waals surface area contributed by atoms with Gasteiger partial charge in [0.1, 0.15) is 0 Å². The second-order valence-corrected chi connectivity index (χ2v) is 12.9. The van der Waals surface area contributed by atoms with Crippen LogP contribution in [0.2, 0.25) is 0 Å². The molecule has 0 radical (unpaired) electrons. The van der Waals surface area contributed by atoms with Crippen LogP contribution >= 0.6 is 0 Å². The molecule has 0 fully saturated rings. The third-order valence-electron chi connectivity index (χ3n) is 2.29. The first-order chi connectivity index (χ1) is 7.82. The van der Waals surface area contributed by atoms with Crippen LogP contribution in [0.3, 0.4) is 0 Å². The molecule has 0 aromatic heterocycles. The normalized spacial score (nSPS) is 21.4. The van der Waals surface area contributed by atoms with Crippen molar-refractivity contribution in [3.8, 4) is 0 Å². The van der Waals surface area contributed by atoms with Gasteiger partial charge in [0, 0.05) is 0 Å². The van der Waals surface area contributed by atoms with Gasteiger partial charge >= 0.3 is 114 Å². The molecule has 6 nitrogen and oxygen atoms in total. The van der Waals surface area contributed by atoms with Gasteiger partial charge in [-0.1, -0.05) is 0 Å². The first kappa shape index (κ1) is 15.9. The van der Waals surface area contributed by atoms with Crippen molar-refractivity contribution in [3.05, 3.63) is 20.8 Å². The number of sulfone groups is 3. The van der Waals surface area contributed by atoms with Crippen LogP contribution in [0.5, 0.6) is 0 Å². The van der Waals surface area contributed by atoms with Crippen molar-refractivity contribution in [1.82, 2.24) is 0 Å². The summed E-state index contributed by atoms with van der Waals surface area (Å²) in [4.78, 5) is -0.253. The minimum absolute atomic E-state index is 0.0964. The van der Waals surface area contributed by atoms with E-state index in [1.807, 2.05) is 0 Å². The summed E-state index contributed by atoms with van der Waals surface area (Å²) in [5.41, 5.74) is 0. The molecule has 18 heavy (non-hydrogen) atoms. The van der Waals surface area contributed by atoms with Gasteiger partial charge in [-0.25, -0.2) is 0 Å². The first-order valence-electron chi connectivity index (χ1n) is 4.69. The Balaban J connectivity index is 3.49. The van der Waals surface area contributed by atoms with E-state index in [4.69, 9.17) is 0 Å². The Morgan fingerprint density at radius 3 is 1.78 bits per heavy atom. The molecule has 10 heteroatoms. The van der Waals surface area contributed by atoms with E-state index in [1.165, 1.54) is 0 Å². The van der Waals surface area contributed by atoms with Crippen LogP contribution in [0.25, 0.3) is 0 Å². The quantitative estimate of drug-likeness (QED) is 0.609. The summed E-state index contributed by atoms with van der Waals surface area (Å²) in [6.07, 6.45) is 4.99. The third kappa shape index (κ3) is 3.93. The summed E-state index contributed by atoms with van der Waals surface area (Å²) < 4.78 is 67.7. The summed E-state index contributed by atoms with van der Waals surface area (Å²) in [5.74, 6) is 0. The predicted octanol–water partition coefficient (Wildman–Crippen LogP) is -1.11. The van der Waals surface area contributed by atoms with E-state index in [9.17, 15) is 25.3 Å². The van der Waals surface area contributed by atoms with Crippen LogP contribution in [-0.4, -0.2) is 63.4 Å². The molecule has 0 aromatic carbocycles. The standard InChI is InChI=1S/C8H12O6S3.Al/c1-15(9,10)6-4-8(17(3,13)14)5-7-16(2,11)12;/h4-6H,1-3H3;/q;+1. The van der Waals surface area contributed by atoms with Gasteiger partial charge in [0.2, 0.25) is 0 Å². The molecule has 100 valence electrons. The van der Waals surface area contributed by atoms with E-state index in [1.54, 1.807) is 0 Å². The Labute approximate surface area is 113 Å². The van der Waals surface area contributed by atoms with Crippen LogP contribution in [0.15, 0.2) is 20.8 Å². The zero-order valence-corrected chi connectivity index (χ0v) is 13.6. The van der Waals surface area contributed by atoms with Gasteiger partial charge in [-0.15, -0.1) is 0 Å². The first-order valence-corrected chi connectivity index (χ1v) is 11.7. The molecular weight excluding hydrogens is 315 g/mol. The maximum atomic E-state index is 11.5. The van der Waals surface area contributed by atoms with E-state index in [0.29, 0.717) is 0 Å². The molecule has 0 bridgehead atoms. The molecule has 0 spiro atoms. The molecule has 0 saturated heterocycles. The number of rotatable bonds is 3. The molecule has 0 saturated carbocycles. The Bertz CT molecular complexity index is 724. The van der Waals surface area contributed by atoms with E-state index in [0.717, 1.165) is 30.9 Å². The zero-order chi connectivity index (χ0) is 14.4. The molecule has 1 heterocycles. The van der Waals surface area contributed by atoms with Crippen LogP contribution in [0.4, 0.5) is 0 Å². The second-order valence-electron chi connectivity index (χ2n) is 4.12. The molecule has 0 aliphatic carbocycles. The second kappa shape index (κ2) is 4.76. The zero-order valence-electron chi connectivity index (χ0n) is 9.98. The molecule has 1 atom stereocenters. The molecule has 1 unspecified atom stereocenters. The SMILES string of the molecule is CS(=O)(=O)C1=C[CH](S(C)(=O)=O)[Al+][C](S(C)(=O)=O)=C1. The van der Waals surface area contributed by atoms with Gasteiger partial charge in [-0.2, -0.15) is 0 Å². The molecule has 0 aromatic rings. The van der Waals surface area contributed by atoms with Crippen LogP contribution in [0.1, 0.15) is 0 Å². The van der Waals surface area contributed by atoms with Crippen molar-refractivity contribution in [3.63, 3.8) is 0 Å². The fraction of sp³-hybridized carbons (Fsp3) is 0.500. The van der Waals surface area contributed by atoms with E-state index < -0.39 is 48.8 Å². The molecule has 1 rings (SSSR count). The summed E-state index contributed by atoms with van der Waals surface area (Å²) in [6, 6.07) is 0. The Hall–Kier alpha value is -0.138. The Morgan fingerprint density at radius 2 is 1.44 bits per heavy atom. The number of allylic oxidation sites excluding steroid dienone is 1. The van der Waals surface area contributed by atoms with Crippen LogP contribution < -0.4 is 0 Å². The Morgan fingerprint density at radius 1 is 0.944 bits per heavy atom. The summed E-state index contributed by atoms with van der Waals surface area (Å²) in [7, 11) is -10.7. The van der Waals surface area contributed by atoms with E-state index >= 15 is 0 Å². The number of hydrogen-bond donors (Lipinski definition) is 0. The average Bonchev–Trinajstić information content (AvgIpc) is 2.13. The van der Waals surface area contributed by atoms with Gasteiger partial charge in [-0.3, -0.25) is 0 Å². The van der Waals surface area contributed by atoms with Crippen molar-refractivity contribution >= 4 is 44.7 Å². The van der Waals surface area contributed by atoms with Crippen LogP contribution in [0, 0.1) is 0 Å². The van der Waals surface area contributed by atoms with Gasteiger partial charge in [0.25, 0.3) is 0 Å². The van der Waals surface area contributed by atoms with E-state index in [-0.39, 0.29) is 8.67 Å². The summed E-state index contributed by atoms with van der Waals surface area (Å²) >= 11 is -1.06. The number of hydrogen-bond acceptors (Lipinski definition) is 6. The topological polar surface area (TPSA) is 102 Å². The van der Waals surface area contributed by atoms with Crippen LogP contribution in [-0.2, 0) is 29.5 Å². The molecule has 0 amide bonds. The maximum absolute atomic E-state index is 11.5. The summed E-state index contributed by atoms with van der Waals surface area (Å²) in [6.45, 7) is 0. The molecule has 1 aliphatic rings. The van der Waals surface area contributed by atoms with Crippen molar-refractivity contribution in [2.45, 2.75) is 4.11 Å². The summed E-state index contributed by atoms with van der Waals surface area (Å²) in [5, 5.41) is 0. The molecule has 0 N–H and O–H groups in total. The van der Waals surface area contributed by atoms with Gasteiger partial charge in [0.05, 0.1) is 0 Å². The fourth-order valence-corrected chi connectivity index (χ4v) is 7.23. The van der Waals surface area contributed by atoms with Gasteiger partial charge < -0.3 is 0 Å². The fourth-order valence-electron chi connectivity index (χ4n) is 1.32. The van der Waals surface area contributed by atoms with Gasteiger partial charge in [0.15, 0.2) is 0 Å². The average molecular weight is 327 g/mol. The molecular formula is C8H12AlO6S3+. The van der Waals surface area contributed by atoms with Crippen molar-refractivity contribution in [1.29, 1.82) is 0 Å². The van der Waals surface area contributed by atoms with Crippen molar-refractivity contribution < 1.29 is 25.3 Å². The van der Waals surface area contributed by atoms with E-state index in [2.05, 4.69) is 0 Å². The Kier molecular flexibility index (Phi) is 4.21. The predicted molar refractivity (Wildman–Crippen MR) is 70.2 cm³/mol. The van der Waals surface area contributed by atoms with Crippen molar-refractivity contribution in [2.24, 2.45) is 0 Å². The van der Waals surface area contributed by atoms with Crippen molar-refractivity contribution in [2.75, 3.05) is 18.8 Å².